The van der Waals surface area contributed by atoms with E-state index in [1.165, 1.54) is 4.31 Å². The zero-order valence-electron chi connectivity index (χ0n) is 11.0. The van der Waals surface area contributed by atoms with E-state index >= 15 is 0 Å². The number of rotatable bonds is 5. The van der Waals surface area contributed by atoms with E-state index in [-0.39, 0.29) is 25.2 Å². The van der Waals surface area contributed by atoms with E-state index in [9.17, 15) is 8.42 Å². The Bertz CT molecular complexity index is 361. The molecule has 7 nitrogen and oxygen atoms in total. The molecule has 2 fully saturated rings. The summed E-state index contributed by atoms with van der Waals surface area (Å²) in [6, 6.07) is 0. The quantitative estimate of drug-likeness (QED) is 0.675. The van der Waals surface area contributed by atoms with Crippen LogP contribution in [0.5, 0.6) is 0 Å². The van der Waals surface area contributed by atoms with Gasteiger partial charge in [0, 0.05) is 26.2 Å². The van der Waals surface area contributed by atoms with Gasteiger partial charge in [-0.25, -0.2) is 0 Å². The Labute approximate surface area is 114 Å². The predicted molar refractivity (Wildman–Crippen MR) is 68.9 cm³/mol. The van der Waals surface area contributed by atoms with Gasteiger partial charge in [-0.2, -0.15) is 17.4 Å². The average Bonchev–Trinajstić information content (AvgIpc) is 2.46. The monoisotopic (exact) mass is 294 g/mol. The van der Waals surface area contributed by atoms with E-state index < -0.39 is 10.2 Å². The lowest BCUT2D eigenvalue weighted by Crippen LogP contribution is -2.48. The minimum Gasteiger partial charge on any atom is -0.396 e. The number of hydrogen-bond donors (Lipinski definition) is 2. The van der Waals surface area contributed by atoms with Crippen molar-refractivity contribution >= 4 is 10.2 Å². The molecule has 0 spiro atoms. The van der Waals surface area contributed by atoms with Gasteiger partial charge in [-0.3, -0.25) is 0 Å². The van der Waals surface area contributed by atoms with Crippen molar-refractivity contribution in [1.82, 2.24) is 9.03 Å². The molecule has 112 valence electrons. The van der Waals surface area contributed by atoms with Gasteiger partial charge >= 0.3 is 0 Å². The molecule has 0 aliphatic carbocycles. The molecule has 2 rings (SSSR count). The molecular formula is C11H22N2O5S. The zero-order valence-corrected chi connectivity index (χ0v) is 11.8. The average molecular weight is 294 g/mol. The molecule has 0 saturated carbocycles. The molecular weight excluding hydrogens is 272 g/mol. The fourth-order valence-corrected chi connectivity index (χ4v) is 3.55. The first-order valence-corrected chi connectivity index (χ1v) is 8.11. The highest BCUT2D eigenvalue weighted by Gasteiger charge is 2.28. The van der Waals surface area contributed by atoms with Crippen LogP contribution in [0.1, 0.15) is 12.8 Å². The van der Waals surface area contributed by atoms with Crippen molar-refractivity contribution in [3.63, 3.8) is 0 Å². The van der Waals surface area contributed by atoms with E-state index in [4.69, 9.17) is 14.6 Å². The van der Waals surface area contributed by atoms with Crippen molar-refractivity contribution in [3.05, 3.63) is 0 Å². The largest absolute Gasteiger partial charge is 0.396 e. The topological polar surface area (TPSA) is 88.1 Å². The van der Waals surface area contributed by atoms with Gasteiger partial charge in [-0.05, 0) is 18.8 Å². The zero-order chi connectivity index (χ0) is 13.7. The summed E-state index contributed by atoms with van der Waals surface area (Å²) in [5.74, 6) is 0.224. The maximum absolute atomic E-state index is 12.1. The van der Waals surface area contributed by atoms with Crippen LogP contribution in [-0.4, -0.2) is 70.0 Å². The molecule has 0 radical (unpaired) electrons. The Balaban J connectivity index is 1.78. The first-order chi connectivity index (χ1) is 9.12. The Morgan fingerprint density at radius 1 is 1.26 bits per heavy atom. The van der Waals surface area contributed by atoms with Gasteiger partial charge in [-0.15, -0.1) is 0 Å². The van der Waals surface area contributed by atoms with Gasteiger partial charge in [0.25, 0.3) is 10.2 Å². The number of nitrogens with one attached hydrogen (secondary N) is 1. The molecule has 2 N–H and O–H groups in total. The lowest BCUT2D eigenvalue weighted by molar-refractivity contribution is -0.0847. The number of ether oxygens (including phenoxy) is 2. The molecule has 0 amide bonds. The van der Waals surface area contributed by atoms with Gasteiger partial charge in [0.1, 0.15) is 0 Å². The molecule has 0 aromatic carbocycles. The number of nitrogens with zero attached hydrogens (tertiary/aromatic N) is 1. The van der Waals surface area contributed by atoms with Crippen LogP contribution in [0.2, 0.25) is 0 Å². The minimum absolute atomic E-state index is 0.134. The number of hydrogen-bond acceptors (Lipinski definition) is 5. The van der Waals surface area contributed by atoms with E-state index in [1.807, 2.05) is 0 Å². The Morgan fingerprint density at radius 2 is 2.00 bits per heavy atom. The lowest BCUT2D eigenvalue weighted by atomic mass is 10.00. The number of aliphatic hydroxyl groups excluding tert-OH is 1. The van der Waals surface area contributed by atoms with Gasteiger partial charge in [0.05, 0.1) is 25.9 Å². The van der Waals surface area contributed by atoms with Gasteiger partial charge in [0.2, 0.25) is 0 Å². The second-order valence-electron chi connectivity index (χ2n) is 4.95. The van der Waals surface area contributed by atoms with Crippen LogP contribution in [0.4, 0.5) is 0 Å². The summed E-state index contributed by atoms with van der Waals surface area (Å²) in [7, 11) is -3.45. The van der Waals surface area contributed by atoms with Crippen LogP contribution in [0, 0.1) is 5.92 Å². The summed E-state index contributed by atoms with van der Waals surface area (Å²) >= 11 is 0. The van der Waals surface area contributed by atoms with Crippen LogP contribution in [0.15, 0.2) is 0 Å². The van der Waals surface area contributed by atoms with Crippen molar-refractivity contribution < 1.29 is 23.0 Å². The van der Waals surface area contributed by atoms with E-state index in [1.54, 1.807) is 0 Å². The number of piperidine rings is 1. The first-order valence-electron chi connectivity index (χ1n) is 6.67. The maximum Gasteiger partial charge on any atom is 0.279 e. The van der Waals surface area contributed by atoms with E-state index in [0.717, 1.165) is 0 Å². The van der Waals surface area contributed by atoms with Crippen molar-refractivity contribution in [2.45, 2.75) is 18.9 Å². The van der Waals surface area contributed by atoms with Crippen LogP contribution in [0.25, 0.3) is 0 Å². The molecule has 1 atom stereocenters. The number of aliphatic hydroxyl groups is 1. The molecule has 0 aromatic heterocycles. The predicted octanol–water partition coefficient (Wildman–Crippen LogP) is -1.06. The van der Waals surface area contributed by atoms with Crippen LogP contribution in [-0.2, 0) is 19.7 Å². The Kier molecular flexibility index (Phi) is 5.55. The highest BCUT2D eigenvalue weighted by Crippen LogP contribution is 2.18. The van der Waals surface area contributed by atoms with Crippen molar-refractivity contribution in [3.8, 4) is 0 Å². The first kappa shape index (κ1) is 15.1. The standard InChI is InChI=1S/C11H22N2O5S/c14-8-10-1-3-13(4-2-10)19(15,16)12-7-11-9-17-5-6-18-11/h10-12,14H,1-9H2. The summed E-state index contributed by atoms with van der Waals surface area (Å²) in [5.41, 5.74) is 0. The molecule has 1 unspecified atom stereocenters. The van der Waals surface area contributed by atoms with Crippen molar-refractivity contribution in [2.24, 2.45) is 5.92 Å². The molecule has 2 heterocycles. The summed E-state index contributed by atoms with van der Waals surface area (Å²) < 4.78 is 38.8. The highest BCUT2D eigenvalue weighted by atomic mass is 32.2. The van der Waals surface area contributed by atoms with E-state index in [0.29, 0.717) is 45.8 Å². The molecule has 19 heavy (non-hydrogen) atoms. The highest BCUT2D eigenvalue weighted by molar-refractivity contribution is 7.87. The minimum atomic E-state index is -3.45. The van der Waals surface area contributed by atoms with Crippen LogP contribution >= 0.6 is 0 Å². The molecule has 2 aliphatic heterocycles. The van der Waals surface area contributed by atoms with Crippen molar-refractivity contribution in [2.75, 3.05) is 46.1 Å². The van der Waals surface area contributed by atoms with Gasteiger partial charge in [0.15, 0.2) is 0 Å². The SMILES string of the molecule is O=S(=O)(NCC1COCCO1)N1CCC(CO)CC1. The van der Waals surface area contributed by atoms with Crippen LogP contribution in [0.3, 0.4) is 0 Å². The fourth-order valence-electron chi connectivity index (χ4n) is 2.28. The van der Waals surface area contributed by atoms with Gasteiger partial charge in [-0.1, -0.05) is 0 Å². The third-order valence-corrected chi connectivity index (χ3v) is 5.13. The Morgan fingerprint density at radius 3 is 2.58 bits per heavy atom. The van der Waals surface area contributed by atoms with Gasteiger partial charge < -0.3 is 14.6 Å². The molecule has 0 bridgehead atoms. The smallest absolute Gasteiger partial charge is 0.279 e. The van der Waals surface area contributed by atoms with Crippen molar-refractivity contribution in [1.29, 1.82) is 0 Å². The van der Waals surface area contributed by atoms with E-state index in [2.05, 4.69) is 4.72 Å². The summed E-state index contributed by atoms with van der Waals surface area (Å²) in [6.07, 6.45) is 1.21. The maximum atomic E-state index is 12.1. The second-order valence-corrected chi connectivity index (χ2v) is 6.70. The third-order valence-electron chi connectivity index (χ3n) is 3.55. The molecule has 8 heteroatoms. The summed E-state index contributed by atoms with van der Waals surface area (Å²) in [6.45, 7) is 2.79. The van der Waals surface area contributed by atoms with Crippen LogP contribution < -0.4 is 4.72 Å². The molecule has 0 aromatic rings. The third kappa shape index (κ3) is 4.37. The molecule has 2 saturated heterocycles. The fraction of sp³-hybridized carbons (Fsp3) is 1.00. The molecule has 2 aliphatic rings. The second kappa shape index (κ2) is 6.96. The summed E-state index contributed by atoms with van der Waals surface area (Å²) in [5, 5.41) is 9.04. The normalized spacial score (nSPS) is 27.5. The summed E-state index contributed by atoms with van der Waals surface area (Å²) in [4.78, 5) is 0. The lowest BCUT2D eigenvalue weighted by Gasteiger charge is -2.31. The Hall–Kier alpha value is -0.250.